The zero-order valence-corrected chi connectivity index (χ0v) is 9.20. The Labute approximate surface area is 86.1 Å². The first-order valence-electron chi connectivity index (χ1n) is 5.73. The summed E-state index contributed by atoms with van der Waals surface area (Å²) in [5.41, 5.74) is 0. The molecule has 0 aliphatic carbocycles. The summed E-state index contributed by atoms with van der Waals surface area (Å²) in [6.07, 6.45) is 4.24. The van der Waals surface area contributed by atoms with E-state index in [1.165, 1.54) is 19.3 Å². The topological polar surface area (TPSA) is 24.8 Å². The van der Waals surface area contributed by atoms with Gasteiger partial charge in [-0.2, -0.15) is 0 Å². The standard InChI is InChI=1S/C11H20N2O/c1-9(2)10-8-12-11(14-10)13-6-4-3-5-7-13/h9-10H,3-8H2,1-2H3. The Morgan fingerprint density at radius 3 is 2.57 bits per heavy atom. The Bertz CT molecular complexity index is 219. The lowest BCUT2D eigenvalue weighted by Crippen LogP contribution is -2.37. The molecular formula is C11H20N2O. The molecule has 1 atom stereocenters. The maximum Gasteiger partial charge on any atom is 0.287 e. The van der Waals surface area contributed by atoms with E-state index in [2.05, 4.69) is 23.7 Å². The van der Waals surface area contributed by atoms with Crippen LogP contribution in [-0.2, 0) is 4.74 Å². The largest absolute Gasteiger partial charge is 0.460 e. The molecule has 0 spiro atoms. The van der Waals surface area contributed by atoms with Crippen molar-refractivity contribution in [2.24, 2.45) is 10.9 Å². The molecule has 3 heteroatoms. The van der Waals surface area contributed by atoms with Gasteiger partial charge >= 0.3 is 0 Å². The van der Waals surface area contributed by atoms with Crippen LogP contribution in [0.25, 0.3) is 0 Å². The van der Waals surface area contributed by atoms with Crippen molar-refractivity contribution in [3.8, 4) is 0 Å². The normalized spacial score (nSPS) is 27.8. The van der Waals surface area contributed by atoms with Gasteiger partial charge in [-0.25, -0.2) is 4.99 Å². The highest BCUT2D eigenvalue weighted by Gasteiger charge is 2.27. The molecule has 1 unspecified atom stereocenters. The van der Waals surface area contributed by atoms with Gasteiger partial charge in [-0.05, 0) is 25.2 Å². The van der Waals surface area contributed by atoms with Crippen LogP contribution in [-0.4, -0.2) is 36.7 Å². The number of nitrogens with zero attached hydrogens (tertiary/aromatic N) is 2. The predicted octanol–water partition coefficient (Wildman–Crippen LogP) is 1.88. The summed E-state index contributed by atoms with van der Waals surface area (Å²) in [6.45, 7) is 7.50. The van der Waals surface area contributed by atoms with Gasteiger partial charge in [0.25, 0.3) is 6.02 Å². The number of aliphatic imine (C=N–C) groups is 1. The highest BCUT2D eigenvalue weighted by atomic mass is 16.5. The molecule has 0 aromatic carbocycles. The molecule has 1 saturated heterocycles. The van der Waals surface area contributed by atoms with Crippen molar-refractivity contribution in [2.45, 2.75) is 39.2 Å². The summed E-state index contributed by atoms with van der Waals surface area (Å²) in [5.74, 6) is 0.570. The quantitative estimate of drug-likeness (QED) is 0.639. The molecule has 80 valence electrons. The first-order chi connectivity index (χ1) is 6.77. The zero-order valence-electron chi connectivity index (χ0n) is 9.20. The third-order valence-corrected chi connectivity index (χ3v) is 3.03. The average molecular weight is 196 g/mol. The van der Waals surface area contributed by atoms with E-state index in [4.69, 9.17) is 4.74 Å². The zero-order chi connectivity index (χ0) is 9.97. The van der Waals surface area contributed by atoms with Crippen LogP contribution in [0.4, 0.5) is 0 Å². The van der Waals surface area contributed by atoms with Crippen molar-refractivity contribution in [3.63, 3.8) is 0 Å². The molecule has 3 nitrogen and oxygen atoms in total. The maximum atomic E-state index is 5.84. The van der Waals surface area contributed by atoms with Gasteiger partial charge in [0, 0.05) is 13.1 Å². The first-order valence-corrected chi connectivity index (χ1v) is 5.73. The second-order valence-electron chi connectivity index (χ2n) is 4.57. The van der Waals surface area contributed by atoms with Crippen LogP contribution in [0.2, 0.25) is 0 Å². The van der Waals surface area contributed by atoms with E-state index in [1.807, 2.05) is 0 Å². The van der Waals surface area contributed by atoms with Crippen LogP contribution < -0.4 is 0 Å². The van der Waals surface area contributed by atoms with Gasteiger partial charge in [-0.15, -0.1) is 0 Å². The first kappa shape index (κ1) is 9.81. The van der Waals surface area contributed by atoms with E-state index in [1.54, 1.807) is 0 Å². The van der Waals surface area contributed by atoms with Crippen LogP contribution in [0.5, 0.6) is 0 Å². The molecule has 0 aromatic heterocycles. The summed E-state index contributed by atoms with van der Waals surface area (Å²) in [6, 6.07) is 0.906. The van der Waals surface area contributed by atoms with Crippen LogP contribution in [0.1, 0.15) is 33.1 Å². The van der Waals surface area contributed by atoms with E-state index in [0.717, 1.165) is 25.7 Å². The van der Waals surface area contributed by atoms with Crippen LogP contribution >= 0.6 is 0 Å². The third-order valence-electron chi connectivity index (χ3n) is 3.03. The fraction of sp³-hybridized carbons (Fsp3) is 0.909. The van der Waals surface area contributed by atoms with Crippen molar-refractivity contribution < 1.29 is 4.74 Å². The van der Waals surface area contributed by atoms with Gasteiger partial charge in [0.2, 0.25) is 0 Å². The summed E-state index contributed by atoms with van der Waals surface area (Å²) in [4.78, 5) is 6.78. The molecule has 1 fully saturated rings. The smallest absolute Gasteiger partial charge is 0.287 e. The number of hydrogen-bond acceptors (Lipinski definition) is 3. The minimum Gasteiger partial charge on any atom is -0.460 e. The van der Waals surface area contributed by atoms with Crippen LogP contribution in [0, 0.1) is 5.92 Å². The minimum absolute atomic E-state index is 0.312. The molecule has 2 rings (SSSR count). The summed E-state index contributed by atoms with van der Waals surface area (Å²) < 4.78 is 5.84. The minimum atomic E-state index is 0.312. The molecule has 0 N–H and O–H groups in total. The Hall–Kier alpha value is -0.730. The van der Waals surface area contributed by atoms with Crippen LogP contribution in [0.3, 0.4) is 0 Å². The Balaban J connectivity index is 1.87. The van der Waals surface area contributed by atoms with E-state index in [-0.39, 0.29) is 0 Å². The van der Waals surface area contributed by atoms with E-state index in [0.29, 0.717) is 12.0 Å². The molecule has 0 saturated carbocycles. The number of ether oxygens (including phenoxy) is 1. The maximum absolute atomic E-state index is 5.84. The van der Waals surface area contributed by atoms with Crippen LogP contribution in [0.15, 0.2) is 4.99 Å². The lowest BCUT2D eigenvalue weighted by atomic mass is 10.1. The van der Waals surface area contributed by atoms with Gasteiger partial charge in [-0.1, -0.05) is 13.8 Å². The molecule has 2 aliphatic rings. The van der Waals surface area contributed by atoms with E-state index < -0.39 is 0 Å². The van der Waals surface area contributed by atoms with Gasteiger partial charge in [-0.3, -0.25) is 0 Å². The molecule has 0 bridgehead atoms. The summed E-state index contributed by atoms with van der Waals surface area (Å²) >= 11 is 0. The van der Waals surface area contributed by atoms with E-state index >= 15 is 0 Å². The average Bonchev–Trinajstić information content (AvgIpc) is 2.68. The second kappa shape index (κ2) is 4.20. The fourth-order valence-electron chi connectivity index (χ4n) is 1.98. The van der Waals surface area contributed by atoms with Gasteiger partial charge < -0.3 is 9.64 Å². The van der Waals surface area contributed by atoms with Gasteiger partial charge in [0.05, 0.1) is 6.54 Å². The summed E-state index contributed by atoms with van der Waals surface area (Å²) in [7, 11) is 0. The number of amidine groups is 1. The molecular weight excluding hydrogens is 176 g/mol. The number of likely N-dealkylation sites (tertiary alicyclic amines) is 1. The van der Waals surface area contributed by atoms with Crippen molar-refractivity contribution in [2.75, 3.05) is 19.6 Å². The highest BCUT2D eigenvalue weighted by Crippen LogP contribution is 2.18. The van der Waals surface area contributed by atoms with Crippen molar-refractivity contribution >= 4 is 6.02 Å². The summed E-state index contributed by atoms with van der Waals surface area (Å²) in [5, 5.41) is 0. The van der Waals surface area contributed by atoms with Gasteiger partial charge in [0.1, 0.15) is 6.10 Å². The lowest BCUT2D eigenvalue weighted by Gasteiger charge is -2.28. The molecule has 0 amide bonds. The molecule has 2 aliphatic heterocycles. The molecule has 14 heavy (non-hydrogen) atoms. The third kappa shape index (κ3) is 2.02. The molecule has 2 heterocycles. The van der Waals surface area contributed by atoms with Crippen molar-refractivity contribution in [1.29, 1.82) is 0 Å². The Morgan fingerprint density at radius 1 is 1.29 bits per heavy atom. The lowest BCUT2D eigenvalue weighted by molar-refractivity contribution is 0.136. The Kier molecular flexibility index (Phi) is 2.94. The SMILES string of the molecule is CC(C)C1CN=C(N2CCCCC2)O1. The number of rotatable bonds is 1. The second-order valence-corrected chi connectivity index (χ2v) is 4.57. The van der Waals surface area contributed by atoms with Gasteiger partial charge in [0.15, 0.2) is 0 Å². The highest BCUT2D eigenvalue weighted by molar-refractivity contribution is 5.75. The molecule has 0 radical (unpaired) electrons. The van der Waals surface area contributed by atoms with Crippen molar-refractivity contribution in [3.05, 3.63) is 0 Å². The number of hydrogen-bond donors (Lipinski definition) is 0. The Morgan fingerprint density at radius 2 is 2.00 bits per heavy atom. The monoisotopic (exact) mass is 196 g/mol. The molecule has 0 aromatic rings. The van der Waals surface area contributed by atoms with Crippen molar-refractivity contribution in [1.82, 2.24) is 4.90 Å². The fourth-order valence-corrected chi connectivity index (χ4v) is 1.98. The van der Waals surface area contributed by atoms with E-state index in [9.17, 15) is 0 Å². The number of piperidine rings is 1. The predicted molar refractivity (Wildman–Crippen MR) is 57.4 cm³/mol.